The summed E-state index contributed by atoms with van der Waals surface area (Å²) in [6.07, 6.45) is 0.406. The molecule has 0 bridgehead atoms. The van der Waals surface area contributed by atoms with Crippen LogP contribution in [-0.4, -0.2) is 14.2 Å². The van der Waals surface area contributed by atoms with Crippen LogP contribution in [0.15, 0.2) is 36.4 Å². The predicted octanol–water partition coefficient (Wildman–Crippen LogP) is 3.22. The lowest BCUT2D eigenvalue weighted by atomic mass is 9.99. The normalized spacial score (nSPS) is 12.0. The summed E-state index contributed by atoms with van der Waals surface area (Å²) in [6, 6.07) is 8.24. The molecule has 0 amide bonds. The van der Waals surface area contributed by atoms with Crippen molar-refractivity contribution < 1.29 is 18.3 Å². The van der Waals surface area contributed by atoms with Gasteiger partial charge in [-0.2, -0.15) is 0 Å². The van der Waals surface area contributed by atoms with E-state index in [1.165, 1.54) is 12.1 Å². The van der Waals surface area contributed by atoms with E-state index in [0.717, 1.165) is 11.6 Å². The first kappa shape index (κ1) is 15.3. The molecule has 0 aliphatic carbocycles. The average Bonchev–Trinajstić information content (AvgIpc) is 2.46. The summed E-state index contributed by atoms with van der Waals surface area (Å²) >= 11 is 0. The smallest absolute Gasteiger partial charge is 0.160 e. The van der Waals surface area contributed by atoms with Gasteiger partial charge in [-0.1, -0.05) is 12.1 Å². The van der Waals surface area contributed by atoms with Crippen LogP contribution in [0.3, 0.4) is 0 Å². The van der Waals surface area contributed by atoms with Crippen molar-refractivity contribution in [2.75, 3.05) is 14.2 Å². The molecule has 1 unspecified atom stereocenters. The van der Waals surface area contributed by atoms with Gasteiger partial charge in [0.1, 0.15) is 11.6 Å². The van der Waals surface area contributed by atoms with Crippen LogP contribution in [-0.2, 0) is 6.42 Å². The Hall–Kier alpha value is -2.14. The molecule has 3 nitrogen and oxygen atoms in total. The van der Waals surface area contributed by atoms with Gasteiger partial charge in [0.15, 0.2) is 11.5 Å². The molecule has 0 fully saturated rings. The van der Waals surface area contributed by atoms with E-state index in [-0.39, 0.29) is 5.56 Å². The van der Waals surface area contributed by atoms with Crippen molar-refractivity contribution in [1.82, 2.24) is 0 Å². The van der Waals surface area contributed by atoms with E-state index in [1.54, 1.807) is 26.4 Å². The maximum absolute atomic E-state index is 13.7. The van der Waals surface area contributed by atoms with Gasteiger partial charge < -0.3 is 15.2 Å². The fraction of sp³-hybridized carbons (Fsp3) is 0.250. The molecule has 0 saturated heterocycles. The van der Waals surface area contributed by atoms with Gasteiger partial charge in [-0.25, -0.2) is 8.78 Å². The molecule has 2 aromatic rings. The number of ether oxygens (including phenoxy) is 2. The van der Waals surface area contributed by atoms with E-state index >= 15 is 0 Å². The van der Waals surface area contributed by atoms with E-state index in [1.807, 2.05) is 6.07 Å². The summed E-state index contributed by atoms with van der Waals surface area (Å²) in [5, 5.41) is 0. The molecule has 112 valence electrons. The highest BCUT2D eigenvalue weighted by molar-refractivity contribution is 5.43. The first-order chi connectivity index (χ1) is 10.0. The molecule has 2 N–H and O–H groups in total. The van der Waals surface area contributed by atoms with Crippen LogP contribution in [0.2, 0.25) is 0 Å². The summed E-state index contributed by atoms with van der Waals surface area (Å²) < 4.78 is 37.0. The third kappa shape index (κ3) is 3.49. The average molecular weight is 293 g/mol. The monoisotopic (exact) mass is 293 g/mol. The second-order valence-electron chi connectivity index (χ2n) is 4.67. The second kappa shape index (κ2) is 6.54. The van der Waals surface area contributed by atoms with Crippen molar-refractivity contribution in [3.63, 3.8) is 0 Å². The number of benzene rings is 2. The Morgan fingerprint density at radius 3 is 2.33 bits per heavy atom. The maximum Gasteiger partial charge on any atom is 0.160 e. The molecular formula is C16H17F2NO2. The third-order valence-corrected chi connectivity index (χ3v) is 3.27. The molecule has 0 aromatic heterocycles. The lowest BCUT2D eigenvalue weighted by Gasteiger charge is -2.15. The highest BCUT2D eigenvalue weighted by atomic mass is 19.1. The largest absolute Gasteiger partial charge is 0.493 e. The van der Waals surface area contributed by atoms with Crippen LogP contribution in [0, 0.1) is 11.6 Å². The van der Waals surface area contributed by atoms with Crippen molar-refractivity contribution in [3.8, 4) is 11.5 Å². The van der Waals surface area contributed by atoms with Gasteiger partial charge in [-0.15, -0.1) is 0 Å². The lowest BCUT2D eigenvalue weighted by Crippen LogP contribution is -2.15. The minimum absolute atomic E-state index is 0.284. The first-order valence-electron chi connectivity index (χ1n) is 6.46. The van der Waals surface area contributed by atoms with Crippen molar-refractivity contribution in [2.24, 2.45) is 5.73 Å². The standard InChI is InChI=1S/C16H17F2NO2/c1-20-15-6-3-10(8-16(15)21-2)7-14(19)12-5-4-11(17)9-13(12)18/h3-6,8-9,14H,7,19H2,1-2H3. The SMILES string of the molecule is COc1ccc(CC(N)c2ccc(F)cc2F)cc1OC. The molecule has 1 atom stereocenters. The summed E-state index contributed by atoms with van der Waals surface area (Å²) in [5.41, 5.74) is 7.17. The van der Waals surface area contributed by atoms with E-state index < -0.39 is 17.7 Å². The Bertz CT molecular complexity index is 632. The predicted molar refractivity (Wildman–Crippen MR) is 76.5 cm³/mol. The van der Waals surface area contributed by atoms with Crippen molar-refractivity contribution >= 4 is 0 Å². The zero-order valence-electron chi connectivity index (χ0n) is 11.9. The fourth-order valence-electron chi connectivity index (χ4n) is 2.17. The molecule has 5 heteroatoms. The zero-order chi connectivity index (χ0) is 15.4. The highest BCUT2D eigenvalue weighted by Gasteiger charge is 2.14. The Kier molecular flexibility index (Phi) is 4.75. The number of halogens is 2. The lowest BCUT2D eigenvalue weighted by molar-refractivity contribution is 0.354. The summed E-state index contributed by atoms with van der Waals surface area (Å²) in [7, 11) is 3.10. The van der Waals surface area contributed by atoms with Gasteiger partial charge in [-0.3, -0.25) is 0 Å². The molecule has 0 saturated carbocycles. The van der Waals surface area contributed by atoms with Crippen molar-refractivity contribution in [2.45, 2.75) is 12.5 Å². The molecule has 0 aliphatic heterocycles. The first-order valence-corrected chi connectivity index (χ1v) is 6.46. The molecule has 2 rings (SSSR count). The van der Waals surface area contributed by atoms with Gasteiger partial charge in [0.05, 0.1) is 14.2 Å². The molecule has 0 heterocycles. The van der Waals surface area contributed by atoms with Crippen LogP contribution in [0.25, 0.3) is 0 Å². The Labute approximate surface area is 122 Å². The number of rotatable bonds is 5. The minimum Gasteiger partial charge on any atom is -0.493 e. The van der Waals surface area contributed by atoms with E-state index in [2.05, 4.69) is 0 Å². The summed E-state index contributed by atoms with van der Waals surface area (Å²) in [4.78, 5) is 0. The maximum atomic E-state index is 13.7. The van der Waals surface area contributed by atoms with Gasteiger partial charge in [-0.05, 0) is 30.2 Å². The van der Waals surface area contributed by atoms with Crippen LogP contribution in [0.5, 0.6) is 11.5 Å². The van der Waals surface area contributed by atoms with Crippen LogP contribution in [0.4, 0.5) is 8.78 Å². The number of hydrogen-bond donors (Lipinski definition) is 1. The van der Waals surface area contributed by atoms with Crippen LogP contribution in [0.1, 0.15) is 17.2 Å². The van der Waals surface area contributed by atoms with Crippen LogP contribution >= 0.6 is 0 Å². The number of methoxy groups -OCH3 is 2. The van der Waals surface area contributed by atoms with Gasteiger partial charge in [0.25, 0.3) is 0 Å². The number of nitrogens with two attached hydrogens (primary N) is 1. The van der Waals surface area contributed by atoms with Gasteiger partial charge in [0.2, 0.25) is 0 Å². The molecular weight excluding hydrogens is 276 g/mol. The Morgan fingerprint density at radius 2 is 1.71 bits per heavy atom. The third-order valence-electron chi connectivity index (χ3n) is 3.27. The van der Waals surface area contributed by atoms with E-state index in [9.17, 15) is 8.78 Å². The molecule has 0 aliphatic rings. The van der Waals surface area contributed by atoms with Gasteiger partial charge in [0, 0.05) is 17.7 Å². The molecule has 0 spiro atoms. The summed E-state index contributed by atoms with van der Waals surface area (Å²) in [5.74, 6) is -0.0536. The molecule has 0 radical (unpaired) electrons. The minimum atomic E-state index is -0.636. The molecule has 21 heavy (non-hydrogen) atoms. The number of hydrogen-bond acceptors (Lipinski definition) is 3. The van der Waals surface area contributed by atoms with Gasteiger partial charge >= 0.3 is 0 Å². The highest BCUT2D eigenvalue weighted by Crippen LogP contribution is 2.29. The molecule has 2 aromatic carbocycles. The van der Waals surface area contributed by atoms with E-state index in [0.29, 0.717) is 17.9 Å². The quantitative estimate of drug-likeness (QED) is 0.920. The van der Waals surface area contributed by atoms with Crippen LogP contribution < -0.4 is 15.2 Å². The fourth-order valence-corrected chi connectivity index (χ4v) is 2.17. The van der Waals surface area contributed by atoms with E-state index in [4.69, 9.17) is 15.2 Å². The Morgan fingerprint density at radius 1 is 1.00 bits per heavy atom. The van der Waals surface area contributed by atoms with Crippen molar-refractivity contribution in [1.29, 1.82) is 0 Å². The zero-order valence-corrected chi connectivity index (χ0v) is 11.9. The topological polar surface area (TPSA) is 44.5 Å². The second-order valence-corrected chi connectivity index (χ2v) is 4.67. The summed E-state index contributed by atoms with van der Waals surface area (Å²) in [6.45, 7) is 0. The van der Waals surface area contributed by atoms with Crippen molar-refractivity contribution in [3.05, 3.63) is 59.2 Å². The Balaban J connectivity index is 2.21.